The molecule has 7 heteroatoms. The van der Waals surface area contributed by atoms with Crippen molar-refractivity contribution in [3.63, 3.8) is 0 Å². The molecular weight excluding hydrogens is 378 g/mol. The minimum atomic E-state index is -0.0966. The number of ketones is 1. The van der Waals surface area contributed by atoms with Gasteiger partial charge in [-0.3, -0.25) is 10.2 Å². The third-order valence-electron chi connectivity index (χ3n) is 4.60. The van der Waals surface area contributed by atoms with E-state index < -0.39 is 0 Å². The number of aromatic nitrogens is 2. The molecule has 1 heterocycles. The van der Waals surface area contributed by atoms with E-state index >= 15 is 0 Å². The summed E-state index contributed by atoms with van der Waals surface area (Å²) in [7, 11) is 0. The lowest BCUT2D eigenvalue weighted by Gasteiger charge is -2.08. The molecular formula is C23H25N5O2. The number of anilines is 2. The first-order chi connectivity index (χ1) is 14.5. The SMILES string of the molecule is N=C(N)CC(=O)CCc1cccc(-c2cnc(Nc3ccc(CCO)cc3)nc2)c1. The van der Waals surface area contributed by atoms with Gasteiger partial charge in [0.1, 0.15) is 5.78 Å². The van der Waals surface area contributed by atoms with Crippen LogP contribution in [-0.4, -0.2) is 33.3 Å². The number of amidine groups is 1. The largest absolute Gasteiger partial charge is 0.396 e. The maximum absolute atomic E-state index is 11.8. The number of nitrogens with zero attached hydrogens (tertiary/aromatic N) is 2. The molecule has 0 saturated heterocycles. The van der Waals surface area contributed by atoms with Crippen LogP contribution in [-0.2, 0) is 17.6 Å². The van der Waals surface area contributed by atoms with Crippen molar-refractivity contribution in [1.29, 1.82) is 5.41 Å². The summed E-state index contributed by atoms with van der Waals surface area (Å²) in [6, 6.07) is 15.7. The Morgan fingerprint density at radius 2 is 1.73 bits per heavy atom. The highest BCUT2D eigenvalue weighted by Crippen LogP contribution is 2.21. The Balaban J connectivity index is 1.63. The number of aryl methyl sites for hydroxylation is 1. The summed E-state index contributed by atoms with van der Waals surface area (Å²) in [5.41, 5.74) is 10.1. The fraction of sp³-hybridized carbons (Fsp3) is 0.217. The van der Waals surface area contributed by atoms with Crippen LogP contribution in [0.15, 0.2) is 60.9 Å². The van der Waals surface area contributed by atoms with Crippen LogP contribution in [0.3, 0.4) is 0 Å². The van der Waals surface area contributed by atoms with Crippen LogP contribution in [0.4, 0.5) is 11.6 Å². The standard InChI is InChI=1S/C23H25N5O2/c24-22(25)13-21(30)9-6-17-2-1-3-18(12-17)19-14-26-23(27-15-19)28-20-7-4-16(5-8-20)10-11-29/h1-5,7-8,12,14-15,29H,6,9-11,13H2,(H3,24,25)(H,26,27,28). The second-order valence-electron chi connectivity index (χ2n) is 7.03. The maximum atomic E-state index is 11.8. The molecule has 0 saturated carbocycles. The molecule has 154 valence electrons. The molecule has 30 heavy (non-hydrogen) atoms. The molecule has 0 amide bonds. The van der Waals surface area contributed by atoms with Crippen LogP contribution >= 0.6 is 0 Å². The molecule has 2 aromatic carbocycles. The molecule has 3 rings (SSSR count). The predicted molar refractivity (Wildman–Crippen MR) is 118 cm³/mol. The fourth-order valence-electron chi connectivity index (χ4n) is 3.05. The van der Waals surface area contributed by atoms with Crippen molar-refractivity contribution in [1.82, 2.24) is 9.97 Å². The molecule has 5 N–H and O–H groups in total. The summed E-state index contributed by atoms with van der Waals surface area (Å²) in [5, 5.41) is 19.3. The van der Waals surface area contributed by atoms with Crippen LogP contribution in [0.5, 0.6) is 0 Å². The fourth-order valence-corrected chi connectivity index (χ4v) is 3.05. The van der Waals surface area contributed by atoms with Gasteiger partial charge in [-0.25, -0.2) is 9.97 Å². The molecule has 7 nitrogen and oxygen atoms in total. The summed E-state index contributed by atoms with van der Waals surface area (Å²) in [6.45, 7) is 0.132. The average molecular weight is 403 g/mol. The molecule has 1 aromatic heterocycles. The quantitative estimate of drug-likeness (QED) is 0.304. The number of Topliss-reactive ketones (excluding diaryl/α,β-unsaturated/α-hetero) is 1. The Morgan fingerprint density at radius 1 is 1.00 bits per heavy atom. The van der Waals surface area contributed by atoms with Crippen LogP contribution in [0.2, 0.25) is 0 Å². The van der Waals surface area contributed by atoms with E-state index in [0.717, 1.165) is 27.9 Å². The summed E-state index contributed by atoms with van der Waals surface area (Å²) < 4.78 is 0. The van der Waals surface area contributed by atoms with Crippen molar-refractivity contribution in [2.45, 2.75) is 25.7 Å². The Morgan fingerprint density at radius 3 is 2.40 bits per heavy atom. The number of hydrogen-bond acceptors (Lipinski definition) is 6. The molecule has 0 spiro atoms. The summed E-state index contributed by atoms with van der Waals surface area (Å²) >= 11 is 0. The van der Waals surface area contributed by atoms with E-state index in [9.17, 15) is 4.79 Å². The highest BCUT2D eigenvalue weighted by atomic mass is 16.2. The van der Waals surface area contributed by atoms with E-state index in [0.29, 0.717) is 25.2 Å². The normalized spacial score (nSPS) is 10.6. The third-order valence-corrected chi connectivity index (χ3v) is 4.60. The summed E-state index contributed by atoms with van der Waals surface area (Å²) in [4.78, 5) is 20.5. The smallest absolute Gasteiger partial charge is 0.227 e. The van der Waals surface area contributed by atoms with Gasteiger partial charge in [0.05, 0.1) is 12.3 Å². The van der Waals surface area contributed by atoms with E-state index in [4.69, 9.17) is 16.2 Å². The number of rotatable bonds is 10. The number of nitrogens with one attached hydrogen (secondary N) is 2. The minimum Gasteiger partial charge on any atom is -0.396 e. The predicted octanol–water partition coefficient (Wildman–Crippen LogP) is 3.25. The molecule has 0 atom stereocenters. The number of nitrogens with two attached hydrogens (primary N) is 1. The van der Waals surface area contributed by atoms with E-state index in [2.05, 4.69) is 15.3 Å². The second-order valence-corrected chi connectivity index (χ2v) is 7.03. The first-order valence-electron chi connectivity index (χ1n) is 9.76. The van der Waals surface area contributed by atoms with Gasteiger partial charge in [-0.05, 0) is 41.7 Å². The van der Waals surface area contributed by atoms with Gasteiger partial charge in [0.15, 0.2) is 0 Å². The van der Waals surface area contributed by atoms with Crippen molar-refractivity contribution in [2.75, 3.05) is 11.9 Å². The number of aliphatic hydroxyl groups excluding tert-OH is 1. The van der Waals surface area contributed by atoms with E-state index in [1.54, 1.807) is 12.4 Å². The maximum Gasteiger partial charge on any atom is 0.227 e. The third kappa shape index (κ3) is 6.22. The van der Waals surface area contributed by atoms with Gasteiger partial charge in [-0.1, -0.05) is 36.4 Å². The number of benzene rings is 2. The van der Waals surface area contributed by atoms with E-state index in [1.807, 2.05) is 48.5 Å². The Bertz CT molecular complexity index is 1000. The number of carbonyl (C=O) groups is 1. The Hall–Kier alpha value is -3.58. The first kappa shape index (κ1) is 21.1. The molecule has 0 aliphatic carbocycles. The average Bonchev–Trinajstić information content (AvgIpc) is 2.74. The number of hydrogen-bond donors (Lipinski definition) is 4. The molecule has 0 aliphatic heterocycles. The molecule has 0 fully saturated rings. The van der Waals surface area contributed by atoms with E-state index in [-0.39, 0.29) is 24.6 Å². The summed E-state index contributed by atoms with van der Waals surface area (Å²) in [5.74, 6) is 0.372. The zero-order valence-electron chi connectivity index (χ0n) is 16.6. The van der Waals surface area contributed by atoms with Gasteiger partial charge in [-0.15, -0.1) is 0 Å². The minimum absolute atomic E-state index is 0.00611. The van der Waals surface area contributed by atoms with Gasteiger partial charge in [0, 0.05) is 36.7 Å². The Kier molecular flexibility index (Phi) is 7.24. The molecule has 0 aliphatic rings. The van der Waals surface area contributed by atoms with Gasteiger partial charge in [0.2, 0.25) is 5.95 Å². The molecule has 0 radical (unpaired) electrons. The lowest BCUT2D eigenvalue weighted by atomic mass is 10.0. The van der Waals surface area contributed by atoms with Crippen LogP contribution in [0.1, 0.15) is 24.0 Å². The first-order valence-corrected chi connectivity index (χ1v) is 9.76. The zero-order chi connectivity index (χ0) is 21.3. The highest BCUT2D eigenvalue weighted by molar-refractivity contribution is 5.98. The molecule has 3 aromatic rings. The Labute approximate surface area is 175 Å². The van der Waals surface area contributed by atoms with Gasteiger partial charge < -0.3 is 16.2 Å². The van der Waals surface area contributed by atoms with Crippen molar-refractivity contribution in [3.05, 3.63) is 72.1 Å². The lowest BCUT2D eigenvalue weighted by molar-refractivity contribution is -0.117. The highest BCUT2D eigenvalue weighted by Gasteiger charge is 2.07. The van der Waals surface area contributed by atoms with Crippen molar-refractivity contribution < 1.29 is 9.90 Å². The number of aliphatic hydroxyl groups is 1. The van der Waals surface area contributed by atoms with Gasteiger partial charge in [0.25, 0.3) is 0 Å². The van der Waals surface area contributed by atoms with Crippen LogP contribution in [0, 0.1) is 5.41 Å². The van der Waals surface area contributed by atoms with Gasteiger partial charge >= 0.3 is 0 Å². The van der Waals surface area contributed by atoms with Crippen LogP contribution < -0.4 is 11.1 Å². The van der Waals surface area contributed by atoms with Crippen molar-refractivity contribution >= 4 is 23.3 Å². The van der Waals surface area contributed by atoms with Gasteiger partial charge in [-0.2, -0.15) is 0 Å². The van der Waals surface area contributed by atoms with Crippen LogP contribution in [0.25, 0.3) is 11.1 Å². The number of carbonyl (C=O) groups excluding carboxylic acids is 1. The lowest BCUT2D eigenvalue weighted by Crippen LogP contribution is -2.15. The molecule has 0 bridgehead atoms. The topological polar surface area (TPSA) is 125 Å². The molecule has 0 unspecified atom stereocenters. The monoisotopic (exact) mass is 403 g/mol. The van der Waals surface area contributed by atoms with Crippen molar-refractivity contribution in [2.24, 2.45) is 5.73 Å². The summed E-state index contributed by atoms with van der Waals surface area (Å²) in [6.07, 6.45) is 5.12. The zero-order valence-corrected chi connectivity index (χ0v) is 16.6. The van der Waals surface area contributed by atoms with E-state index in [1.165, 1.54) is 0 Å². The second kappa shape index (κ2) is 10.3. The van der Waals surface area contributed by atoms with Crippen molar-refractivity contribution in [3.8, 4) is 11.1 Å².